The van der Waals surface area contributed by atoms with Gasteiger partial charge in [-0.25, -0.2) is 4.39 Å². The summed E-state index contributed by atoms with van der Waals surface area (Å²) in [5, 5.41) is 9.61. The van der Waals surface area contributed by atoms with E-state index in [1.165, 1.54) is 12.1 Å². The monoisotopic (exact) mass is 399 g/mol. The first-order valence-electron chi connectivity index (χ1n) is 8.00. The minimum atomic E-state index is -0.321. The Kier molecular flexibility index (Phi) is 6.01. The second-order valence-electron chi connectivity index (χ2n) is 5.63. The molecule has 3 aromatic carbocycles. The first-order chi connectivity index (χ1) is 13.0. The Morgan fingerprint density at radius 2 is 1.44 bits per heavy atom. The van der Waals surface area contributed by atoms with Crippen LogP contribution in [0.1, 0.15) is 10.4 Å². The van der Waals surface area contributed by atoms with E-state index in [0.717, 1.165) is 0 Å². The van der Waals surface area contributed by atoms with Gasteiger partial charge in [0, 0.05) is 27.6 Å². The summed E-state index contributed by atoms with van der Waals surface area (Å²) in [6.45, 7) is 0. The van der Waals surface area contributed by atoms with Gasteiger partial charge in [0.1, 0.15) is 5.82 Å². The molecule has 7 heteroatoms. The minimum absolute atomic E-state index is 0.265. The molecule has 1 amide bonds. The number of rotatable bonds is 4. The van der Waals surface area contributed by atoms with Crippen LogP contribution in [0.25, 0.3) is 0 Å². The topological polar surface area (TPSA) is 53.2 Å². The molecule has 3 N–H and O–H groups in total. The lowest BCUT2D eigenvalue weighted by molar-refractivity contribution is 0.102. The second-order valence-corrected chi connectivity index (χ2v) is 6.48. The molecule has 0 fully saturated rings. The molecule has 27 heavy (non-hydrogen) atoms. The van der Waals surface area contributed by atoms with Gasteiger partial charge in [0.2, 0.25) is 0 Å². The Bertz CT molecular complexity index is 979. The summed E-state index contributed by atoms with van der Waals surface area (Å²) in [5.41, 5.74) is 2.38. The molecule has 0 saturated heterocycles. The van der Waals surface area contributed by atoms with Crippen LogP contribution in [0, 0.1) is 5.82 Å². The highest BCUT2D eigenvalue weighted by molar-refractivity contribution is 7.80. The van der Waals surface area contributed by atoms with Gasteiger partial charge in [-0.3, -0.25) is 4.79 Å². The number of hydrogen-bond donors (Lipinski definition) is 3. The highest BCUT2D eigenvalue weighted by atomic mass is 35.5. The third-order valence-corrected chi connectivity index (χ3v) is 4.01. The van der Waals surface area contributed by atoms with Gasteiger partial charge in [0.25, 0.3) is 5.91 Å². The molecule has 0 saturated carbocycles. The SMILES string of the molecule is O=C(Nc1cccc(Cl)c1)c1cccc(NC(=S)Nc2ccc(F)cc2)c1. The van der Waals surface area contributed by atoms with E-state index in [1.54, 1.807) is 60.7 Å². The number of benzene rings is 3. The van der Waals surface area contributed by atoms with Crippen molar-refractivity contribution in [3.63, 3.8) is 0 Å². The Hall–Kier alpha value is -2.96. The highest BCUT2D eigenvalue weighted by Gasteiger charge is 2.08. The molecule has 3 aromatic rings. The standard InChI is InChI=1S/C20H15ClFN3OS/c21-14-4-2-6-18(12-14)23-19(26)13-3-1-5-17(11-13)25-20(27)24-16-9-7-15(22)8-10-16/h1-12H,(H,23,26)(H2,24,25,27). The summed E-state index contributed by atoms with van der Waals surface area (Å²) in [5.74, 6) is -0.587. The summed E-state index contributed by atoms with van der Waals surface area (Å²) in [6.07, 6.45) is 0. The quantitative estimate of drug-likeness (QED) is 0.504. The van der Waals surface area contributed by atoms with E-state index >= 15 is 0 Å². The van der Waals surface area contributed by atoms with Crippen molar-refractivity contribution in [3.8, 4) is 0 Å². The van der Waals surface area contributed by atoms with E-state index < -0.39 is 0 Å². The summed E-state index contributed by atoms with van der Waals surface area (Å²) < 4.78 is 12.9. The van der Waals surface area contributed by atoms with E-state index in [4.69, 9.17) is 23.8 Å². The molecule has 0 spiro atoms. The molecule has 0 bridgehead atoms. The first-order valence-corrected chi connectivity index (χ1v) is 8.79. The third-order valence-electron chi connectivity index (χ3n) is 3.57. The maximum atomic E-state index is 12.9. The van der Waals surface area contributed by atoms with Crippen molar-refractivity contribution in [2.45, 2.75) is 0 Å². The third kappa shape index (κ3) is 5.51. The van der Waals surface area contributed by atoms with Crippen LogP contribution in [-0.2, 0) is 0 Å². The summed E-state index contributed by atoms with van der Waals surface area (Å²) in [6, 6.07) is 19.7. The summed E-state index contributed by atoms with van der Waals surface area (Å²) >= 11 is 11.2. The Balaban J connectivity index is 1.65. The molecule has 4 nitrogen and oxygen atoms in total. The van der Waals surface area contributed by atoms with Crippen molar-refractivity contribution in [3.05, 3.63) is 89.2 Å². The van der Waals surface area contributed by atoms with Crippen LogP contribution in [-0.4, -0.2) is 11.0 Å². The van der Waals surface area contributed by atoms with Gasteiger partial charge in [0.05, 0.1) is 0 Å². The van der Waals surface area contributed by atoms with Gasteiger partial charge in [-0.05, 0) is 72.9 Å². The van der Waals surface area contributed by atoms with Crippen LogP contribution in [0.15, 0.2) is 72.8 Å². The highest BCUT2D eigenvalue weighted by Crippen LogP contribution is 2.17. The fourth-order valence-electron chi connectivity index (χ4n) is 2.33. The molecule has 0 aliphatic carbocycles. The molecule has 136 valence electrons. The van der Waals surface area contributed by atoms with E-state index in [9.17, 15) is 9.18 Å². The smallest absolute Gasteiger partial charge is 0.255 e. The molecule has 0 aromatic heterocycles. The number of carbonyl (C=O) groups is 1. The van der Waals surface area contributed by atoms with Gasteiger partial charge >= 0.3 is 0 Å². The van der Waals surface area contributed by atoms with Crippen LogP contribution in [0.4, 0.5) is 21.5 Å². The largest absolute Gasteiger partial charge is 0.332 e. The lowest BCUT2D eigenvalue weighted by Gasteiger charge is -2.12. The fourth-order valence-corrected chi connectivity index (χ4v) is 2.76. The van der Waals surface area contributed by atoms with Gasteiger partial charge in [-0.15, -0.1) is 0 Å². The molecule has 3 rings (SSSR count). The number of hydrogen-bond acceptors (Lipinski definition) is 2. The molecule has 0 aliphatic heterocycles. The maximum Gasteiger partial charge on any atom is 0.255 e. The maximum absolute atomic E-state index is 12.9. The predicted molar refractivity (Wildman–Crippen MR) is 112 cm³/mol. The van der Waals surface area contributed by atoms with Crippen LogP contribution in [0.2, 0.25) is 5.02 Å². The lowest BCUT2D eigenvalue weighted by atomic mass is 10.2. The molecular weight excluding hydrogens is 385 g/mol. The zero-order chi connectivity index (χ0) is 19.2. The molecule has 0 unspecified atom stereocenters. The van der Waals surface area contributed by atoms with Gasteiger partial charge in [-0.1, -0.05) is 23.7 Å². The lowest BCUT2D eigenvalue weighted by Crippen LogP contribution is -2.19. The molecule has 0 heterocycles. The van der Waals surface area contributed by atoms with Crippen molar-refractivity contribution in [1.82, 2.24) is 0 Å². The van der Waals surface area contributed by atoms with Gasteiger partial charge < -0.3 is 16.0 Å². The van der Waals surface area contributed by atoms with Crippen molar-refractivity contribution in [2.24, 2.45) is 0 Å². The van der Waals surface area contributed by atoms with Crippen LogP contribution < -0.4 is 16.0 Å². The summed E-state index contributed by atoms with van der Waals surface area (Å²) in [7, 11) is 0. The van der Waals surface area contributed by atoms with E-state index in [2.05, 4.69) is 16.0 Å². The van der Waals surface area contributed by atoms with E-state index in [0.29, 0.717) is 32.8 Å². The van der Waals surface area contributed by atoms with Crippen molar-refractivity contribution >= 4 is 51.9 Å². The van der Waals surface area contributed by atoms with E-state index in [1.807, 2.05) is 0 Å². The molecule has 0 atom stereocenters. The van der Waals surface area contributed by atoms with E-state index in [-0.39, 0.29) is 11.7 Å². The number of anilines is 3. The van der Waals surface area contributed by atoms with Gasteiger partial charge in [-0.2, -0.15) is 0 Å². The number of thiocarbonyl (C=S) groups is 1. The Morgan fingerprint density at radius 1 is 0.815 bits per heavy atom. The average molecular weight is 400 g/mol. The minimum Gasteiger partial charge on any atom is -0.332 e. The molecule has 0 radical (unpaired) electrons. The molecular formula is C20H15ClFN3OS. The average Bonchev–Trinajstić information content (AvgIpc) is 2.64. The molecule has 0 aliphatic rings. The van der Waals surface area contributed by atoms with Crippen molar-refractivity contribution in [1.29, 1.82) is 0 Å². The zero-order valence-corrected chi connectivity index (χ0v) is 15.6. The van der Waals surface area contributed by atoms with Crippen molar-refractivity contribution < 1.29 is 9.18 Å². The number of amides is 1. The summed E-state index contributed by atoms with van der Waals surface area (Å²) in [4.78, 5) is 12.4. The fraction of sp³-hybridized carbons (Fsp3) is 0. The Labute approximate surface area is 166 Å². The second kappa shape index (κ2) is 8.62. The Morgan fingerprint density at radius 3 is 2.15 bits per heavy atom. The van der Waals surface area contributed by atoms with Crippen LogP contribution >= 0.6 is 23.8 Å². The van der Waals surface area contributed by atoms with Crippen molar-refractivity contribution in [2.75, 3.05) is 16.0 Å². The van der Waals surface area contributed by atoms with Crippen LogP contribution in [0.5, 0.6) is 0 Å². The van der Waals surface area contributed by atoms with Gasteiger partial charge in [0.15, 0.2) is 5.11 Å². The number of halogens is 2. The normalized spacial score (nSPS) is 10.1. The predicted octanol–water partition coefficient (Wildman–Crippen LogP) is 5.54. The number of carbonyl (C=O) groups excluding carboxylic acids is 1. The van der Waals surface area contributed by atoms with Crippen LogP contribution in [0.3, 0.4) is 0 Å². The number of nitrogens with one attached hydrogen (secondary N) is 3. The first kappa shape index (κ1) is 18.8. The zero-order valence-electron chi connectivity index (χ0n) is 14.0.